The fraction of sp³-hybridized carbons (Fsp3) is 0.185. The van der Waals surface area contributed by atoms with Gasteiger partial charge in [-0.25, -0.2) is 9.67 Å². The Balaban J connectivity index is 1.10. The molecule has 0 aliphatic carbocycles. The van der Waals surface area contributed by atoms with E-state index in [1.165, 1.54) is 55.1 Å². The van der Waals surface area contributed by atoms with Crippen molar-refractivity contribution in [1.82, 2.24) is 23.9 Å². The van der Waals surface area contributed by atoms with Gasteiger partial charge in [0.05, 0.1) is 44.8 Å². The standard InChI is InChI=1S/C54H49N5O/c1-33(2)42-21-14-23-46-47-24-15-22-43(34(3)4)54(47)57(53(42)46)38-28-29-55-50(31-38)58-48-25-12-11-20-44(48)45-27-26-41(32-49(45)58)60-40-19-13-18-39(30-40)59-52(35(5)6)51(36(7)56-59)37-16-9-8-10-17-37/h8-35H,1-7H3. The van der Waals surface area contributed by atoms with Crippen LogP contribution >= 0.6 is 0 Å². The van der Waals surface area contributed by atoms with Crippen LogP contribution in [0, 0.1) is 6.92 Å². The first-order chi connectivity index (χ1) is 29.2. The molecule has 0 aliphatic rings. The van der Waals surface area contributed by atoms with Crippen LogP contribution in [0.2, 0.25) is 0 Å². The highest BCUT2D eigenvalue weighted by atomic mass is 16.5. The summed E-state index contributed by atoms with van der Waals surface area (Å²) >= 11 is 0. The maximum absolute atomic E-state index is 6.73. The summed E-state index contributed by atoms with van der Waals surface area (Å²) in [5, 5.41) is 9.93. The van der Waals surface area contributed by atoms with Crippen LogP contribution in [0.1, 0.15) is 81.8 Å². The highest BCUT2D eigenvalue weighted by Crippen LogP contribution is 2.41. The van der Waals surface area contributed by atoms with Crippen molar-refractivity contribution in [2.45, 2.75) is 66.2 Å². The molecule has 4 aromatic heterocycles. The van der Waals surface area contributed by atoms with Gasteiger partial charge in [-0.1, -0.05) is 133 Å². The van der Waals surface area contributed by atoms with Crippen molar-refractivity contribution in [3.63, 3.8) is 0 Å². The number of aromatic nitrogens is 5. The third kappa shape index (κ3) is 6.09. The zero-order chi connectivity index (χ0) is 41.2. The maximum atomic E-state index is 6.73. The summed E-state index contributed by atoms with van der Waals surface area (Å²) in [4.78, 5) is 5.08. The summed E-state index contributed by atoms with van der Waals surface area (Å²) in [5.74, 6) is 3.30. The van der Waals surface area contributed by atoms with Crippen molar-refractivity contribution < 1.29 is 4.74 Å². The lowest BCUT2D eigenvalue weighted by Crippen LogP contribution is -2.05. The first-order valence-corrected chi connectivity index (χ1v) is 21.2. The van der Waals surface area contributed by atoms with Crippen molar-refractivity contribution >= 4 is 43.6 Å². The minimum atomic E-state index is 0.256. The molecule has 10 rings (SSSR count). The van der Waals surface area contributed by atoms with Gasteiger partial charge in [-0.3, -0.25) is 4.57 Å². The van der Waals surface area contributed by atoms with E-state index in [-0.39, 0.29) is 5.92 Å². The van der Waals surface area contributed by atoms with Crippen LogP contribution in [0.15, 0.2) is 152 Å². The van der Waals surface area contributed by atoms with Gasteiger partial charge in [-0.15, -0.1) is 0 Å². The van der Waals surface area contributed by atoms with Crippen molar-refractivity contribution in [3.05, 3.63) is 174 Å². The second kappa shape index (κ2) is 14.7. The quantitative estimate of drug-likeness (QED) is 0.146. The average molecular weight is 784 g/mol. The minimum absolute atomic E-state index is 0.256. The molecular formula is C54H49N5O. The van der Waals surface area contributed by atoms with E-state index in [9.17, 15) is 0 Å². The Morgan fingerprint density at radius 1 is 0.500 bits per heavy atom. The first kappa shape index (κ1) is 37.4. The molecule has 0 bridgehead atoms. The van der Waals surface area contributed by atoms with Crippen LogP contribution in [-0.4, -0.2) is 23.9 Å². The van der Waals surface area contributed by atoms with Gasteiger partial charge >= 0.3 is 0 Å². The van der Waals surface area contributed by atoms with E-state index >= 15 is 0 Å². The molecule has 0 fully saturated rings. The molecule has 296 valence electrons. The lowest BCUT2D eigenvalue weighted by Gasteiger charge is -2.17. The number of benzene rings is 6. The fourth-order valence-corrected chi connectivity index (χ4v) is 9.34. The summed E-state index contributed by atoms with van der Waals surface area (Å²) < 4.78 is 13.6. The number of hydrogen-bond donors (Lipinski definition) is 0. The molecule has 0 amide bonds. The van der Waals surface area contributed by atoms with Gasteiger partial charge in [-0.05, 0) is 77.8 Å². The fourth-order valence-electron chi connectivity index (χ4n) is 9.34. The Hall–Kier alpha value is -6.92. The number of rotatable bonds is 9. The molecule has 0 unspecified atom stereocenters. The SMILES string of the molecule is Cc1nn(-c2cccc(Oc3ccc4c5ccccc5n(-c5cc(-n6c7c(C(C)C)cccc7c7cccc(C(C)C)c76)ccn5)c4c3)c2)c(C(C)C)c1-c1ccccc1. The van der Waals surface area contributed by atoms with Gasteiger partial charge in [0.25, 0.3) is 0 Å². The van der Waals surface area contributed by atoms with Gasteiger partial charge in [-0.2, -0.15) is 5.10 Å². The predicted molar refractivity (Wildman–Crippen MR) is 249 cm³/mol. The molecule has 0 saturated carbocycles. The molecule has 0 spiro atoms. The molecule has 60 heavy (non-hydrogen) atoms. The Morgan fingerprint density at radius 2 is 1.13 bits per heavy atom. The Labute approximate surface area is 351 Å². The first-order valence-electron chi connectivity index (χ1n) is 21.2. The lowest BCUT2D eigenvalue weighted by atomic mass is 9.97. The van der Waals surface area contributed by atoms with E-state index in [1.54, 1.807) is 0 Å². The van der Waals surface area contributed by atoms with Crippen molar-refractivity contribution in [2.75, 3.05) is 0 Å². The maximum Gasteiger partial charge on any atom is 0.139 e. The summed E-state index contributed by atoms with van der Waals surface area (Å²) in [6.45, 7) is 15.7. The van der Waals surface area contributed by atoms with Crippen LogP contribution in [0.3, 0.4) is 0 Å². The molecule has 0 N–H and O–H groups in total. The average Bonchev–Trinajstić information content (AvgIpc) is 3.91. The van der Waals surface area contributed by atoms with Crippen LogP contribution in [0.25, 0.3) is 71.9 Å². The minimum Gasteiger partial charge on any atom is -0.457 e. The van der Waals surface area contributed by atoms with Gasteiger partial charge in [0.1, 0.15) is 17.3 Å². The number of ether oxygens (including phenoxy) is 1. The molecule has 0 saturated heterocycles. The number of pyridine rings is 1. The molecule has 0 aliphatic heterocycles. The molecule has 4 heterocycles. The summed E-state index contributed by atoms with van der Waals surface area (Å²) in [7, 11) is 0. The van der Waals surface area contributed by atoms with E-state index in [0.29, 0.717) is 11.8 Å². The van der Waals surface area contributed by atoms with Gasteiger partial charge in [0.15, 0.2) is 0 Å². The Morgan fingerprint density at radius 3 is 1.83 bits per heavy atom. The van der Waals surface area contributed by atoms with Crippen molar-refractivity contribution in [2.24, 2.45) is 0 Å². The molecule has 0 radical (unpaired) electrons. The van der Waals surface area contributed by atoms with Crippen LogP contribution in [-0.2, 0) is 0 Å². The summed E-state index contributed by atoms with van der Waals surface area (Å²) in [6, 6.07) is 51.7. The Bertz CT molecular complexity index is 3170. The zero-order valence-electron chi connectivity index (χ0n) is 35.3. The van der Waals surface area contributed by atoms with Crippen molar-refractivity contribution in [3.8, 4) is 39.8 Å². The highest BCUT2D eigenvalue weighted by molar-refractivity contribution is 6.12. The lowest BCUT2D eigenvalue weighted by molar-refractivity contribution is 0.482. The molecule has 6 heteroatoms. The van der Waals surface area contributed by atoms with E-state index in [2.05, 4.69) is 196 Å². The van der Waals surface area contributed by atoms with E-state index in [4.69, 9.17) is 14.8 Å². The molecule has 0 atom stereocenters. The van der Waals surface area contributed by atoms with Crippen LogP contribution in [0.4, 0.5) is 0 Å². The third-order valence-electron chi connectivity index (χ3n) is 12.0. The van der Waals surface area contributed by atoms with Gasteiger partial charge in [0.2, 0.25) is 0 Å². The smallest absolute Gasteiger partial charge is 0.139 e. The molecule has 10 aromatic rings. The van der Waals surface area contributed by atoms with E-state index in [1.807, 2.05) is 18.3 Å². The number of para-hydroxylation sites is 3. The molecule has 6 nitrogen and oxygen atoms in total. The largest absolute Gasteiger partial charge is 0.457 e. The van der Waals surface area contributed by atoms with Crippen molar-refractivity contribution in [1.29, 1.82) is 0 Å². The highest BCUT2D eigenvalue weighted by Gasteiger charge is 2.23. The summed E-state index contributed by atoms with van der Waals surface area (Å²) in [5.41, 5.74) is 13.9. The van der Waals surface area contributed by atoms with Crippen LogP contribution in [0.5, 0.6) is 11.5 Å². The zero-order valence-corrected chi connectivity index (χ0v) is 35.3. The summed E-state index contributed by atoms with van der Waals surface area (Å²) in [6.07, 6.45) is 1.95. The molecular weight excluding hydrogens is 735 g/mol. The van der Waals surface area contributed by atoms with E-state index < -0.39 is 0 Å². The second-order valence-corrected chi connectivity index (χ2v) is 16.9. The molecule has 6 aromatic carbocycles. The van der Waals surface area contributed by atoms with Crippen LogP contribution < -0.4 is 4.74 Å². The number of nitrogens with zero attached hydrogens (tertiary/aromatic N) is 5. The number of hydrogen-bond acceptors (Lipinski definition) is 3. The number of aryl methyl sites for hydroxylation is 1. The third-order valence-corrected chi connectivity index (χ3v) is 12.0. The topological polar surface area (TPSA) is 49.8 Å². The normalized spacial score (nSPS) is 12.0. The van der Waals surface area contributed by atoms with Gasteiger partial charge in [0, 0.05) is 51.5 Å². The van der Waals surface area contributed by atoms with E-state index in [0.717, 1.165) is 50.8 Å². The van der Waals surface area contributed by atoms with Gasteiger partial charge < -0.3 is 9.30 Å². The predicted octanol–water partition coefficient (Wildman–Crippen LogP) is 14.6. The Kier molecular flexibility index (Phi) is 9.16. The monoisotopic (exact) mass is 783 g/mol. The number of fused-ring (bicyclic) bond motifs is 6. The second-order valence-electron chi connectivity index (χ2n) is 16.9.